The maximum Gasteiger partial charge on any atom is 0.253 e. The molecule has 136 valence electrons. The van der Waals surface area contributed by atoms with E-state index in [0.717, 1.165) is 13.1 Å². The highest BCUT2D eigenvalue weighted by atomic mass is 16.2. The van der Waals surface area contributed by atoms with Gasteiger partial charge in [0.1, 0.15) is 0 Å². The van der Waals surface area contributed by atoms with Crippen molar-refractivity contribution in [3.8, 4) is 0 Å². The Morgan fingerprint density at radius 1 is 0.962 bits per heavy atom. The third-order valence-corrected chi connectivity index (χ3v) is 5.20. The monoisotopic (exact) mass is 351 g/mol. The van der Waals surface area contributed by atoms with E-state index in [-0.39, 0.29) is 11.4 Å². The molecule has 0 bridgehead atoms. The highest BCUT2D eigenvalue weighted by Gasteiger charge is 2.32. The van der Waals surface area contributed by atoms with Crippen molar-refractivity contribution in [1.29, 1.82) is 0 Å². The van der Waals surface area contributed by atoms with Gasteiger partial charge in [0.2, 0.25) is 6.41 Å². The molecule has 2 aromatic rings. The molecule has 26 heavy (non-hydrogen) atoms. The lowest BCUT2D eigenvalue weighted by Crippen LogP contribution is -2.54. The van der Waals surface area contributed by atoms with Gasteiger partial charge in [-0.25, -0.2) is 0 Å². The molecular weight excluding hydrogens is 326 g/mol. The van der Waals surface area contributed by atoms with Crippen LogP contribution in [0.2, 0.25) is 0 Å². The summed E-state index contributed by atoms with van der Waals surface area (Å²) in [6.45, 7) is 7.58. The van der Waals surface area contributed by atoms with Gasteiger partial charge < -0.3 is 10.2 Å². The van der Waals surface area contributed by atoms with Crippen LogP contribution in [0.15, 0.2) is 54.6 Å². The minimum Gasteiger partial charge on any atom is -0.336 e. The second-order valence-corrected chi connectivity index (χ2v) is 7.04. The van der Waals surface area contributed by atoms with Gasteiger partial charge in [0.25, 0.3) is 5.91 Å². The first-order valence-electron chi connectivity index (χ1n) is 8.92. The van der Waals surface area contributed by atoms with Gasteiger partial charge in [-0.15, -0.1) is 0 Å². The van der Waals surface area contributed by atoms with E-state index in [4.69, 9.17) is 0 Å². The van der Waals surface area contributed by atoms with Crippen LogP contribution < -0.4 is 5.32 Å². The number of hydrogen-bond acceptors (Lipinski definition) is 3. The minimum absolute atomic E-state index is 0.0415. The molecule has 1 N–H and O–H groups in total. The third kappa shape index (κ3) is 3.78. The van der Waals surface area contributed by atoms with Crippen molar-refractivity contribution in [2.75, 3.05) is 31.5 Å². The summed E-state index contributed by atoms with van der Waals surface area (Å²) in [6.07, 6.45) is 0.630. The zero-order valence-corrected chi connectivity index (χ0v) is 15.3. The van der Waals surface area contributed by atoms with Crippen LogP contribution >= 0.6 is 0 Å². The summed E-state index contributed by atoms with van der Waals surface area (Å²) in [4.78, 5) is 27.5. The van der Waals surface area contributed by atoms with E-state index in [1.54, 1.807) is 24.3 Å². The molecule has 1 aliphatic heterocycles. The van der Waals surface area contributed by atoms with Crippen molar-refractivity contribution in [3.05, 3.63) is 65.7 Å². The summed E-state index contributed by atoms with van der Waals surface area (Å²) in [5.41, 5.74) is 2.57. The summed E-state index contributed by atoms with van der Waals surface area (Å²) < 4.78 is 0. The topological polar surface area (TPSA) is 52.6 Å². The molecule has 0 radical (unpaired) electrons. The predicted octanol–water partition coefficient (Wildman–Crippen LogP) is 2.95. The number of amides is 2. The largest absolute Gasteiger partial charge is 0.336 e. The third-order valence-electron chi connectivity index (χ3n) is 5.20. The van der Waals surface area contributed by atoms with Crippen molar-refractivity contribution >= 4 is 18.0 Å². The van der Waals surface area contributed by atoms with E-state index in [0.29, 0.717) is 30.8 Å². The fraction of sp³-hybridized carbons (Fsp3) is 0.333. The lowest BCUT2D eigenvalue weighted by molar-refractivity contribution is -0.105. The summed E-state index contributed by atoms with van der Waals surface area (Å²) in [5.74, 6) is 0.0415. The van der Waals surface area contributed by atoms with Crippen LogP contribution in [0.1, 0.15) is 29.8 Å². The van der Waals surface area contributed by atoms with Gasteiger partial charge >= 0.3 is 0 Å². The Balaban J connectivity index is 1.62. The maximum atomic E-state index is 12.7. The summed E-state index contributed by atoms with van der Waals surface area (Å²) in [6, 6.07) is 17.5. The van der Waals surface area contributed by atoms with Gasteiger partial charge in [-0.05, 0) is 43.7 Å². The van der Waals surface area contributed by atoms with Gasteiger partial charge in [-0.2, -0.15) is 0 Å². The molecule has 2 amide bonds. The Bertz CT molecular complexity index is 749. The lowest BCUT2D eigenvalue weighted by atomic mass is 9.91. The molecule has 0 unspecified atom stereocenters. The number of anilines is 1. The Labute approximate surface area is 154 Å². The van der Waals surface area contributed by atoms with Crippen LogP contribution in [0.25, 0.3) is 0 Å². The number of carbonyl (C=O) groups is 2. The fourth-order valence-electron chi connectivity index (χ4n) is 3.46. The van der Waals surface area contributed by atoms with Crippen molar-refractivity contribution in [3.63, 3.8) is 0 Å². The molecule has 1 saturated heterocycles. The van der Waals surface area contributed by atoms with E-state index >= 15 is 0 Å². The highest BCUT2D eigenvalue weighted by molar-refractivity contribution is 5.94. The van der Waals surface area contributed by atoms with Gasteiger partial charge in [-0.3, -0.25) is 14.5 Å². The zero-order chi connectivity index (χ0) is 18.6. The SMILES string of the molecule is CC(C)(c1ccccc1)N1CCN(C(=O)c2ccc(NC=O)cc2)CC1. The molecule has 0 spiro atoms. The normalized spacial score (nSPS) is 15.5. The second kappa shape index (κ2) is 7.70. The van der Waals surface area contributed by atoms with Gasteiger partial charge in [0.15, 0.2) is 0 Å². The molecule has 5 heteroatoms. The summed E-state index contributed by atoms with van der Waals surface area (Å²) in [5, 5.41) is 2.58. The molecule has 1 heterocycles. The Morgan fingerprint density at radius 3 is 2.15 bits per heavy atom. The van der Waals surface area contributed by atoms with E-state index in [9.17, 15) is 9.59 Å². The van der Waals surface area contributed by atoms with Crippen molar-refractivity contribution in [2.45, 2.75) is 19.4 Å². The number of rotatable bonds is 5. The maximum absolute atomic E-state index is 12.7. The van der Waals surface area contributed by atoms with Crippen LogP contribution in [0.3, 0.4) is 0 Å². The number of nitrogens with zero attached hydrogens (tertiary/aromatic N) is 2. The summed E-state index contributed by atoms with van der Waals surface area (Å²) >= 11 is 0. The average molecular weight is 351 g/mol. The standard InChI is InChI=1S/C21H25N3O2/c1-21(2,18-6-4-3-5-7-18)24-14-12-23(13-15-24)20(26)17-8-10-19(11-9-17)22-16-25/h3-11,16H,12-15H2,1-2H3,(H,22,25). The van der Waals surface area contributed by atoms with Crippen LogP contribution in [-0.2, 0) is 10.3 Å². The molecular formula is C21H25N3O2. The molecule has 1 fully saturated rings. The molecule has 5 nitrogen and oxygen atoms in total. The molecule has 2 aromatic carbocycles. The van der Waals surface area contributed by atoms with Crippen LogP contribution in [-0.4, -0.2) is 48.3 Å². The van der Waals surface area contributed by atoms with Gasteiger partial charge in [0.05, 0.1) is 0 Å². The van der Waals surface area contributed by atoms with Crippen molar-refractivity contribution in [1.82, 2.24) is 9.80 Å². The molecule has 3 rings (SSSR count). The lowest BCUT2D eigenvalue weighted by Gasteiger charge is -2.44. The van der Waals surface area contributed by atoms with E-state index in [2.05, 4.69) is 48.3 Å². The molecule has 1 aliphatic rings. The molecule has 0 aromatic heterocycles. The van der Waals surface area contributed by atoms with Crippen molar-refractivity contribution < 1.29 is 9.59 Å². The number of benzene rings is 2. The van der Waals surface area contributed by atoms with E-state index < -0.39 is 0 Å². The first kappa shape index (κ1) is 18.1. The predicted molar refractivity (Wildman–Crippen MR) is 103 cm³/mol. The highest BCUT2D eigenvalue weighted by Crippen LogP contribution is 2.28. The second-order valence-electron chi connectivity index (χ2n) is 7.04. The van der Waals surface area contributed by atoms with Crippen LogP contribution in [0, 0.1) is 0 Å². The van der Waals surface area contributed by atoms with Crippen LogP contribution in [0.4, 0.5) is 5.69 Å². The quantitative estimate of drug-likeness (QED) is 0.843. The molecule has 0 saturated carbocycles. The Kier molecular flexibility index (Phi) is 5.38. The Hall–Kier alpha value is -2.66. The van der Waals surface area contributed by atoms with E-state index in [1.807, 2.05) is 11.0 Å². The average Bonchev–Trinajstić information content (AvgIpc) is 2.69. The minimum atomic E-state index is -0.0570. The zero-order valence-electron chi connectivity index (χ0n) is 15.3. The first-order valence-corrected chi connectivity index (χ1v) is 8.92. The smallest absolute Gasteiger partial charge is 0.253 e. The van der Waals surface area contributed by atoms with Crippen molar-refractivity contribution in [2.24, 2.45) is 0 Å². The summed E-state index contributed by atoms with van der Waals surface area (Å²) in [7, 11) is 0. The molecule has 0 atom stereocenters. The number of hydrogen-bond donors (Lipinski definition) is 1. The number of nitrogens with one attached hydrogen (secondary N) is 1. The first-order chi connectivity index (χ1) is 12.5. The number of piperazine rings is 1. The van der Waals surface area contributed by atoms with Gasteiger partial charge in [-0.1, -0.05) is 30.3 Å². The number of carbonyl (C=O) groups excluding carboxylic acids is 2. The van der Waals surface area contributed by atoms with E-state index in [1.165, 1.54) is 5.56 Å². The Morgan fingerprint density at radius 2 is 1.58 bits per heavy atom. The van der Waals surface area contributed by atoms with Crippen LogP contribution in [0.5, 0.6) is 0 Å². The molecule has 0 aliphatic carbocycles. The fourth-order valence-corrected chi connectivity index (χ4v) is 3.46. The van der Waals surface area contributed by atoms with Gasteiger partial charge in [0, 0.05) is 43.0 Å².